The Balaban J connectivity index is 2.38. The third-order valence-electron chi connectivity index (χ3n) is 2.78. The van der Waals surface area contributed by atoms with Crippen LogP contribution in [0.1, 0.15) is 15.9 Å². The first-order valence-electron chi connectivity index (χ1n) is 6.98. The molecule has 0 aliphatic heterocycles. The second-order valence-corrected chi connectivity index (χ2v) is 11.8. The molecule has 0 atom stereocenters. The molecule has 1 aromatic carbocycles. The quantitative estimate of drug-likeness (QED) is 0.338. The summed E-state index contributed by atoms with van der Waals surface area (Å²) in [6, 6.07) is 5.26. The number of para-hydroxylation sites is 1. The van der Waals surface area contributed by atoms with Crippen LogP contribution in [0.2, 0.25) is 35.1 Å². The zero-order chi connectivity index (χ0) is 17.9. The number of anilines is 1. The second-order valence-electron chi connectivity index (χ2n) is 5.96. The van der Waals surface area contributed by atoms with Crippen LogP contribution in [0.5, 0.6) is 0 Å². The van der Waals surface area contributed by atoms with Gasteiger partial charge in [0.1, 0.15) is 13.2 Å². The van der Waals surface area contributed by atoms with Crippen LogP contribution < -0.4 is 5.32 Å². The summed E-state index contributed by atoms with van der Waals surface area (Å²) in [5.74, 6) is 2.62. The molecule has 0 fully saturated rings. The number of carbonyl (C=O) groups excluding carboxylic acids is 1. The van der Waals surface area contributed by atoms with Crippen molar-refractivity contribution in [2.75, 3.05) is 5.32 Å². The van der Waals surface area contributed by atoms with E-state index in [9.17, 15) is 4.79 Å². The summed E-state index contributed by atoms with van der Waals surface area (Å²) in [4.78, 5) is 20.0. The van der Waals surface area contributed by atoms with Crippen molar-refractivity contribution in [3.63, 3.8) is 0 Å². The Kier molecular flexibility index (Phi) is 5.89. The molecule has 1 amide bonds. The number of rotatable bonds is 2. The standard InChI is InChI=1S/C16H14Cl3N3OSi/c1-24(2,3)8-7-10-5-4-6-12(17)13(10)21-15(23)11-9-20-16(19)22-14(11)18/h4-6,9H,1-3H3,(H,21,23). The van der Waals surface area contributed by atoms with Crippen LogP contribution in [0.4, 0.5) is 5.69 Å². The molecule has 2 rings (SSSR count). The first kappa shape index (κ1) is 18.8. The highest BCUT2D eigenvalue weighted by atomic mass is 35.5. The molecule has 0 radical (unpaired) electrons. The van der Waals surface area contributed by atoms with Gasteiger partial charge in [-0.2, -0.15) is 0 Å². The Hall–Kier alpha value is -1.58. The molecule has 0 saturated heterocycles. The Bertz CT molecular complexity index is 854. The second kappa shape index (κ2) is 7.54. The predicted molar refractivity (Wildman–Crippen MR) is 102 cm³/mol. The van der Waals surface area contributed by atoms with Crippen LogP contribution in [-0.2, 0) is 0 Å². The van der Waals surface area contributed by atoms with Crippen molar-refractivity contribution in [3.8, 4) is 11.5 Å². The lowest BCUT2D eigenvalue weighted by Crippen LogP contribution is -2.17. The van der Waals surface area contributed by atoms with Gasteiger partial charge in [-0.3, -0.25) is 4.79 Å². The molecule has 0 unspecified atom stereocenters. The number of carbonyl (C=O) groups is 1. The van der Waals surface area contributed by atoms with E-state index in [4.69, 9.17) is 34.8 Å². The lowest BCUT2D eigenvalue weighted by molar-refractivity contribution is 0.102. The fraction of sp³-hybridized carbons (Fsp3) is 0.188. The third-order valence-corrected chi connectivity index (χ3v) is 4.44. The monoisotopic (exact) mass is 397 g/mol. The summed E-state index contributed by atoms with van der Waals surface area (Å²) in [7, 11) is -1.57. The maximum absolute atomic E-state index is 12.4. The normalized spacial score (nSPS) is 10.8. The molecule has 8 heteroatoms. The minimum Gasteiger partial charge on any atom is -0.319 e. The van der Waals surface area contributed by atoms with Crippen molar-refractivity contribution >= 4 is 54.5 Å². The first-order chi connectivity index (χ1) is 11.2. The van der Waals surface area contributed by atoms with Crippen LogP contribution in [0.25, 0.3) is 0 Å². The van der Waals surface area contributed by atoms with E-state index in [0.717, 1.165) is 0 Å². The van der Waals surface area contributed by atoms with Gasteiger partial charge in [0.2, 0.25) is 5.28 Å². The van der Waals surface area contributed by atoms with E-state index in [0.29, 0.717) is 16.3 Å². The lowest BCUT2D eigenvalue weighted by Gasteiger charge is -2.11. The average molecular weight is 399 g/mol. The minimum atomic E-state index is -1.57. The smallest absolute Gasteiger partial charge is 0.260 e. The largest absolute Gasteiger partial charge is 0.319 e. The SMILES string of the molecule is C[Si](C)(C)C#Cc1cccc(Cl)c1NC(=O)c1cnc(Cl)nc1Cl. The van der Waals surface area contributed by atoms with Crippen molar-refractivity contribution in [1.29, 1.82) is 0 Å². The number of hydrogen-bond acceptors (Lipinski definition) is 3. The van der Waals surface area contributed by atoms with Crippen molar-refractivity contribution in [3.05, 3.63) is 51.0 Å². The van der Waals surface area contributed by atoms with Gasteiger partial charge >= 0.3 is 0 Å². The molecule has 1 N–H and O–H groups in total. The molecule has 0 aliphatic carbocycles. The van der Waals surface area contributed by atoms with Crippen LogP contribution in [0, 0.1) is 11.5 Å². The molecule has 4 nitrogen and oxygen atoms in total. The number of hydrogen-bond donors (Lipinski definition) is 1. The summed E-state index contributed by atoms with van der Waals surface area (Å²) in [5, 5.41) is 3.05. The van der Waals surface area contributed by atoms with Crippen molar-refractivity contribution < 1.29 is 4.79 Å². The van der Waals surface area contributed by atoms with Gasteiger partial charge in [0.15, 0.2) is 0 Å². The molecule has 0 aliphatic rings. The van der Waals surface area contributed by atoms with Crippen LogP contribution in [0.3, 0.4) is 0 Å². The predicted octanol–water partition coefficient (Wildman–Crippen LogP) is 4.92. The number of amides is 1. The van der Waals surface area contributed by atoms with Gasteiger partial charge in [0, 0.05) is 11.8 Å². The van der Waals surface area contributed by atoms with Gasteiger partial charge in [0.05, 0.1) is 16.3 Å². The number of nitrogens with one attached hydrogen (secondary N) is 1. The fourth-order valence-corrected chi connectivity index (χ4v) is 2.81. The summed E-state index contributed by atoms with van der Waals surface area (Å²) < 4.78 is 0. The lowest BCUT2D eigenvalue weighted by atomic mass is 10.1. The molecule has 24 heavy (non-hydrogen) atoms. The van der Waals surface area contributed by atoms with Crippen molar-refractivity contribution in [1.82, 2.24) is 9.97 Å². The summed E-state index contributed by atoms with van der Waals surface area (Å²) in [6.45, 7) is 6.40. The summed E-state index contributed by atoms with van der Waals surface area (Å²) in [6.07, 6.45) is 1.26. The number of aromatic nitrogens is 2. The molecule has 1 aromatic heterocycles. The van der Waals surface area contributed by atoms with Gasteiger partial charge < -0.3 is 5.32 Å². The Morgan fingerprint density at radius 3 is 2.54 bits per heavy atom. The molecule has 2 aromatic rings. The van der Waals surface area contributed by atoms with E-state index >= 15 is 0 Å². The highest BCUT2D eigenvalue weighted by Gasteiger charge is 2.16. The number of halogens is 3. The van der Waals surface area contributed by atoms with Crippen molar-refractivity contribution in [2.45, 2.75) is 19.6 Å². The van der Waals surface area contributed by atoms with Crippen LogP contribution in [0.15, 0.2) is 24.4 Å². The van der Waals surface area contributed by atoms with Crippen LogP contribution in [-0.4, -0.2) is 23.9 Å². The topological polar surface area (TPSA) is 54.9 Å². The highest BCUT2D eigenvalue weighted by Crippen LogP contribution is 2.27. The molecule has 1 heterocycles. The van der Waals surface area contributed by atoms with E-state index in [2.05, 4.69) is 46.4 Å². The van der Waals surface area contributed by atoms with E-state index in [1.807, 2.05) is 0 Å². The average Bonchev–Trinajstić information content (AvgIpc) is 2.46. The molecular weight excluding hydrogens is 385 g/mol. The maximum Gasteiger partial charge on any atom is 0.260 e. The van der Waals surface area contributed by atoms with E-state index < -0.39 is 14.0 Å². The minimum absolute atomic E-state index is 0.0315. The van der Waals surface area contributed by atoms with E-state index in [1.54, 1.807) is 18.2 Å². The summed E-state index contributed by atoms with van der Waals surface area (Å²) in [5.41, 5.74) is 4.42. The molecule has 0 spiro atoms. The van der Waals surface area contributed by atoms with Gasteiger partial charge in [-0.05, 0) is 23.7 Å². The zero-order valence-electron chi connectivity index (χ0n) is 13.2. The molecule has 0 bridgehead atoms. The van der Waals surface area contributed by atoms with Crippen LogP contribution >= 0.6 is 34.8 Å². The Morgan fingerprint density at radius 1 is 1.21 bits per heavy atom. The number of benzene rings is 1. The maximum atomic E-state index is 12.4. The molecule has 0 saturated carbocycles. The third kappa shape index (κ3) is 4.95. The summed E-state index contributed by atoms with van der Waals surface area (Å²) >= 11 is 17.8. The molecule has 124 valence electrons. The fourth-order valence-electron chi connectivity index (χ4n) is 1.68. The van der Waals surface area contributed by atoms with E-state index in [1.165, 1.54) is 6.20 Å². The van der Waals surface area contributed by atoms with Gasteiger partial charge in [-0.25, -0.2) is 9.97 Å². The Labute approximate surface area is 156 Å². The van der Waals surface area contributed by atoms with Gasteiger partial charge in [0.25, 0.3) is 5.91 Å². The van der Waals surface area contributed by atoms with Crippen molar-refractivity contribution in [2.24, 2.45) is 0 Å². The first-order valence-corrected chi connectivity index (χ1v) is 11.6. The number of nitrogens with zero attached hydrogens (tertiary/aromatic N) is 2. The van der Waals surface area contributed by atoms with Gasteiger partial charge in [-0.15, -0.1) is 5.54 Å². The zero-order valence-corrected chi connectivity index (χ0v) is 16.5. The Morgan fingerprint density at radius 2 is 1.92 bits per heavy atom. The molecular formula is C16H14Cl3N3OSi. The highest BCUT2D eigenvalue weighted by molar-refractivity contribution is 6.83. The van der Waals surface area contributed by atoms with Gasteiger partial charge in [-0.1, -0.05) is 54.8 Å². The van der Waals surface area contributed by atoms with E-state index in [-0.39, 0.29) is 16.0 Å².